The van der Waals surface area contributed by atoms with Gasteiger partial charge in [0.05, 0.1) is 18.0 Å². The Balaban J connectivity index is 2.46. The zero-order valence-corrected chi connectivity index (χ0v) is 10.5. The van der Waals surface area contributed by atoms with Gasteiger partial charge in [0, 0.05) is 20.2 Å². The van der Waals surface area contributed by atoms with E-state index < -0.39 is 0 Å². The molecule has 1 aromatic rings. The third-order valence-electron chi connectivity index (χ3n) is 2.29. The second-order valence-electron chi connectivity index (χ2n) is 3.66. The molecule has 0 aliphatic heterocycles. The predicted octanol–water partition coefficient (Wildman–Crippen LogP) is 1.28. The van der Waals surface area contributed by atoms with E-state index in [0.29, 0.717) is 18.8 Å². The summed E-state index contributed by atoms with van der Waals surface area (Å²) in [6, 6.07) is 3.50. The first-order valence-corrected chi connectivity index (χ1v) is 5.71. The van der Waals surface area contributed by atoms with E-state index in [2.05, 4.69) is 15.6 Å². The van der Waals surface area contributed by atoms with Crippen LogP contribution in [0.25, 0.3) is 0 Å². The highest BCUT2D eigenvalue weighted by atomic mass is 16.5. The van der Waals surface area contributed by atoms with Gasteiger partial charge in [0.25, 0.3) is 5.91 Å². The molecule has 0 saturated heterocycles. The van der Waals surface area contributed by atoms with Gasteiger partial charge in [-0.15, -0.1) is 0 Å². The average molecular weight is 237 g/mol. The Morgan fingerprint density at radius 1 is 1.53 bits per heavy atom. The van der Waals surface area contributed by atoms with Crippen LogP contribution >= 0.6 is 0 Å². The lowest BCUT2D eigenvalue weighted by Crippen LogP contribution is -2.32. The molecule has 0 aliphatic rings. The predicted molar refractivity (Wildman–Crippen MR) is 67.2 cm³/mol. The Hall–Kier alpha value is -1.62. The Labute approximate surface area is 102 Å². The van der Waals surface area contributed by atoms with Crippen molar-refractivity contribution >= 4 is 11.6 Å². The fourth-order valence-electron chi connectivity index (χ4n) is 1.35. The SMILES string of the molecule is CCOC(C)CNC(=O)c1ccc(NC)cn1. The van der Waals surface area contributed by atoms with E-state index >= 15 is 0 Å². The lowest BCUT2D eigenvalue weighted by molar-refractivity contribution is 0.0693. The Kier molecular flexibility index (Phi) is 5.42. The molecule has 2 N–H and O–H groups in total. The van der Waals surface area contributed by atoms with Gasteiger partial charge in [0.15, 0.2) is 0 Å². The lowest BCUT2D eigenvalue weighted by atomic mass is 10.3. The fraction of sp³-hybridized carbons (Fsp3) is 0.500. The van der Waals surface area contributed by atoms with Crippen molar-refractivity contribution in [3.8, 4) is 0 Å². The minimum absolute atomic E-state index is 0.0144. The number of nitrogens with zero attached hydrogens (tertiary/aromatic N) is 1. The van der Waals surface area contributed by atoms with Crippen LogP contribution in [-0.4, -0.2) is 37.2 Å². The number of ether oxygens (including phenoxy) is 1. The molecule has 94 valence electrons. The second-order valence-corrected chi connectivity index (χ2v) is 3.66. The Bertz CT molecular complexity index is 351. The zero-order chi connectivity index (χ0) is 12.7. The van der Waals surface area contributed by atoms with Gasteiger partial charge >= 0.3 is 0 Å². The van der Waals surface area contributed by atoms with Gasteiger partial charge in [-0.05, 0) is 26.0 Å². The first kappa shape index (κ1) is 13.4. The summed E-state index contributed by atoms with van der Waals surface area (Å²) < 4.78 is 5.32. The summed E-state index contributed by atoms with van der Waals surface area (Å²) in [6.07, 6.45) is 1.64. The molecule has 0 saturated carbocycles. The van der Waals surface area contributed by atoms with E-state index in [4.69, 9.17) is 4.74 Å². The summed E-state index contributed by atoms with van der Waals surface area (Å²) in [4.78, 5) is 15.8. The number of rotatable bonds is 6. The largest absolute Gasteiger partial charge is 0.387 e. The van der Waals surface area contributed by atoms with Crippen molar-refractivity contribution in [1.82, 2.24) is 10.3 Å². The van der Waals surface area contributed by atoms with Crippen molar-refractivity contribution in [1.29, 1.82) is 0 Å². The molecule has 1 amide bonds. The van der Waals surface area contributed by atoms with E-state index in [9.17, 15) is 4.79 Å². The number of pyridine rings is 1. The van der Waals surface area contributed by atoms with E-state index in [1.165, 1.54) is 0 Å². The van der Waals surface area contributed by atoms with Crippen LogP contribution < -0.4 is 10.6 Å². The highest BCUT2D eigenvalue weighted by molar-refractivity contribution is 5.92. The normalized spacial score (nSPS) is 11.9. The molecular formula is C12H19N3O2. The lowest BCUT2D eigenvalue weighted by Gasteiger charge is -2.12. The van der Waals surface area contributed by atoms with Crippen molar-refractivity contribution in [2.45, 2.75) is 20.0 Å². The van der Waals surface area contributed by atoms with Crippen LogP contribution in [0.15, 0.2) is 18.3 Å². The molecule has 5 nitrogen and oxygen atoms in total. The van der Waals surface area contributed by atoms with Crippen LogP contribution in [0.4, 0.5) is 5.69 Å². The molecular weight excluding hydrogens is 218 g/mol. The van der Waals surface area contributed by atoms with Crippen LogP contribution in [0.1, 0.15) is 24.3 Å². The molecule has 0 fully saturated rings. The van der Waals surface area contributed by atoms with E-state index in [1.807, 2.05) is 19.9 Å². The second kappa shape index (κ2) is 6.85. The number of carbonyl (C=O) groups excluding carboxylic acids is 1. The summed E-state index contributed by atoms with van der Waals surface area (Å²) in [5.41, 5.74) is 1.29. The molecule has 17 heavy (non-hydrogen) atoms. The monoisotopic (exact) mass is 237 g/mol. The summed E-state index contributed by atoms with van der Waals surface area (Å²) in [6.45, 7) is 4.98. The molecule has 0 bridgehead atoms. The van der Waals surface area contributed by atoms with Crippen LogP contribution in [0, 0.1) is 0 Å². The molecule has 1 atom stereocenters. The van der Waals surface area contributed by atoms with Gasteiger partial charge in [-0.2, -0.15) is 0 Å². The molecule has 5 heteroatoms. The van der Waals surface area contributed by atoms with Crippen molar-refractivity contribution in [2.24, 2.45) is 0 Å². The van der Waals surface area contributed by atoms with Crippen LogP contribution in [0.2, 0.25) is 0 Å². The molecule has 0 radical (unpaired) electrons. The van der Waals surface area contributed by atoms with Gasteiger partial charge < -0.3 is 15.4 Å². The molecule has 0 spiro atoms. The zero-order valence-electron chi connectivity index (χ0n) is 10.5. The van der Waals surface area contributed by atoms with Gasteiger partial charge in [-0.1, -0.05) is 0 Å². The highest BCUT2D eigenvalue weighted by Crippen LogP contribution is 2.04. The number of hydrogen-bond acceptors (Lipinski definition) is 4. The number of nitrogens with one attached hydrogen (secondary N) is 2. The van der Waals surface area contributed by atoms with Gasteiger partial charge in [0.2, 0.25) is 0 Å². The minimum atomic E-state index is -0.181. The maximum Gasteiger partial charge on any atom is 0.269 e. The minimum Gasteiger partial charge on any atom is -0.387 e. The van der Waals surface area contributed by atoms with Crippen molar-refractivity contribution in [3.63, 3.8) is 0 Å². The first-order chi connectivity index (χ1) is 8.17. The van der Waals surface area contributed by atoms with Gasteiger partial charge in [-0.3, -0.25) is 4.79 Å². The molecule has 1 unspecified atom stereocenters. The molecule has 1 aromatic heterocycles. The van der Waals surface area contributed by atoms with Crippen molar-refractivity contribution in [2.75, 3.05) is 25.5 Å². The molecule has 1 heterocycles. The average Bonchev–Trinajstić information content (AvgIpc) is 2.36. The molecule has 0 aromatic carbocycles. The summed E-state index contributed by atoms with van der Waals surface area (Å²) >= 11 is 0. The summed E-state index contributed by atoms with van der Waals surface area (Å²) in [7, 11) is 1.81. The van der Waals surface area contributed by atoms with E-state index in [0.717, 1.165) is 5.69 Å². The standard InChI is InChI=1S/C12H19N3O2/c1-4-17-9(2)7-15-12(16)11-6-5-10(13-3)8-14-11/h5-6,8-9,13H,4,7H2,1-3H3,(H,15,16). The van der Waals surface area contributed by atoms with Gasteiger partial charge in [0.1, 0.15) is 5.69 Å². The molecule has 1 rings (SSSR count). The number of amides is 1. The number of hydrogen-bond donors (Lipinski definition) is 2. The third kappa shape index (κ3) is 4.40. The fourth-order valence-corrected chi connectivity index (χ4v) is 1.35. The highest BCUT2D eigenvalue weighted by Gasteiger charge is 2.08. The van der Waals surface area contributed by atoms with E-state index in [1.54, 1.807) is 19.3 Å². The van der Waals surface area contributed by atoms with Crippen LogP contribution in [0.5, 0.6) is 0 Å². The number of carbonyl (C=O) groups is 1. The van der Waals surface area contributed by atoms with Crippen LogP contribution in [0.3, 0.4) is 0 Å². The van der Waals surface area contributed by atoms with Crippen molar-refractivity contribution < 1.29 is 9.53 Å². The maximum atomic E-state index is 11.7. The van der Waals surface area contributed by atoms with E-state index in [-0.39, 0.29) is 12.0 Å². The smallest absolute Gasteiger partial charge is 0.269 e. The topological polar surface area (TPSA) is 63.2 Å². The molecule has 0 aliphatic carbocycles. The number of aromatic nitrogens is 1. The Morgan fingerprint density at radius 3 is 2.82 bits per heavy atom. The van der Waals surface area contributed by atoms with Crippen LogP contribution in [-0.2, 0) is 4.74 Å². The quantitative estimate of drug-likeness (QED) is 0.782. The third-order valence-corrected chi connectivity index (χ3v) is 2.29. The van der Waals surface area contributed by atoms with Gasteiger partial charge in [-0.25, -0.2) is 4.98 Å². The summed E-state index contributed by atoms with van der Waals surface area (Å²) in [5.74, 6) is -0.181. The first-order valence-electron chi connectivity index (χ1n) is 5.71. The summed E-state index contributed by atoms with van der Waals surface area (Å²) in [5, 5.41) is 5.72. The Morgan fingerprint density at radius 2 is 2.29 bits per heavy atom. The van der Waals surface area contributed by atoms with Crippen molar-refractivity contribution in [3.05, 3.63) is 24.0 Å². The maximum absolute atomic E-state index is 11.7. The number of anilines is 1.